The average molecular weight is 366 g/mol. The molecule has 2 N–H and O–H groups in total. The number of benzene rings is 2. The predicted molar refractivity (Wildman–Crippen MR) is 90.1 cm³/mol. The molecular weight excluding hydrogens is 352 g/mol. The second kappa shape index (κ2) is 5.70. The number of imidazole rings is 1. The maximum Gasteiger partial charge on any atom is 0.323 e. The number of hydrogen-bond acceptors (Lipinski definition) is 1. The van der Waals surface area contributed by atoms with E-state index in [-0.39, 0.29) is 11.1 Å². The molecule has 0 saturated carbocycles. The van der Waals surface area contributed by atoms with Crippen LogP contribution in [0.15, 0.2) is 45.7 Å². The molecule has 0 amide bonds. The molecule has 0 radical (unpaired) electrons. The summed E-state index contributed by atoms with van der Waals surface area (Å²) in [7, 11) is 0. The number of H-pyrrole nitrogens is 2. The van der Waals surface area contributed by atoms with Crippen LogP contribution < -0.4 is 5.69 Å². The number of halogens is 2. The fraction of sp³-hybridized carbons (Fsp3) is 0.188. The minimum atomic E-state index is -0.210. The van der Waals surface area contributed by atoms with Gasteiger partial charge in [0.1, 0.15) is 0 Å². The van der Waals surface area contributed by atoms with Gasteiger partial charge in [-0.15, -0.1) is 11.6 Å². The van der Waals surface area contributed by atoms with Crippen LogP contribution in [0.3, 0.4) is 0 Å². The number of fused-ring (bicyclic) bond motifs is 1. The van der Waals surface area contributed by atoms with Crippen LogP contribution in [0.5, 0.6) is 0 Å². The lowest BCUT2D eigenvalue weighted by Crippen LogP contribution is -1.99. The molecule has 1 unspecified atom stereocenters. The van der Waals surface area contributed by atoms with Crippen LogP contribution in [0.1, 0.15) is 22.1 Å². The molecule has 0 aliphatic heterocycles. The fourth-order valence-corrected chi connectivity index (χ4v) is 3.46. The third-order valence-corrected chi connectivity index (χ3v) is 4.58. The number of aromatic amines is 2. The summed E-state index contributed by atoms with van der Waals surface area (Å²) in [5, 5.41) is -0.162. The minimum absolute atomic E-state index is 0.162. The molecular formula is C16H14BrClN2O. The van der Waals surface area contributed by atoms with Crippen molar-refractivity contribution in [2.75, 3.05) is 0 Å². The van der Waals surface area contributed by atoms with Gasteiger partial charge in [-0.25, -0.2) is 4.79 Å². The monoisotopic (exact) mass is 364 g/mol. The number of rotatable bonds is 3. The Morgan fingerprint density at radius 3 is 2.43 bits per heavy atom. The zero-order valence-electron chi connectivity index (χ0n) is 11.4. The molecule has 3 aromatic rings. The topological polar surface area (TPSA) is 48.6 Å². The Bertz CT molecular complexity index is 836. The molecule has 0 bridgehead atoms. The second-order valence-corrected chi connectivity index (χ2v) is 6.54. The Morgan fingerprint density at radius 2 is 1.76 bits per heavy atom. The zero-order valence-corrected chi connectivity index (χ0v) is 13.8. The number of hydrogen-bond donors (Lipinski definition) is 2. The Labute approximate surface area is 135 Å². The van der Waals surface area contributed by atoms with E-state index in [0.717, 1.165) is 27.5 Å². The fourth-order valence-electron chi connectivity index (χ4n) is 2.35. The van der Waals surface area contributed by atoms with E-state index >= 15 is 0 Å². The maximum atomic E-state index is 11.3. The summed E-state index contributed by atoms with van der Waals surface area (Å²) in [5.74, 6) is 0. The lowest BCUT2D eigenvalue weighted by atomic mass is 10.0. The highest BCUT2D eigenvalue weighted by atomic mass is 79.9. The van der Waals surface area contributed by atoms with Crippen LogP contribution in [0.2, 0.25) is 0 Å². The zero-order chi connectivity index (χ0) is 15.0. The summed E-state index contributed by atoms with van der Waals surface area (Å²) < 4.78 is 0.900. The van der Waals surface area contributed by atoms with Crippen molar-refractivity contribution in [3.8, 4) is 0 Å². The van der Waals surface area contributed by atoms with E-state index in [4.69, 9.17) is 11.6 Å². The third kappa shape index (κ3) is 3.06. The minimum Gasteiger partial charge on any atom is -0.306 e. The van der Waals surface area contributed by atoms with E-state index < -0.39 is 0 Å². The molecule has 5 heteroatoms. The molecule has 3 rings (SSSR count). The van der Waals surface area contributed by atoms with E-state index in [0.29, 0.717) is 0 Å². The van der Waals surface area contributed by atoms with E-state index in [1.54, 1.807) is 0 Å². The van der Waals surface area contributed by atoms with E-state index in [1.807, 2.05) is 12.1 Å². The van der Waals surface area contributed by atoms with Gasteiger partial charge in [0.05, 0.1) is 16.4 Å². The van der Waals surface area contributed by atoms with Crippen LogP contribution >= 0.6 is 27.5 Å². The van der Waals surface area contributed by atoms with Gasteiger partial charge in [-0.3, -0.25) is 0 Å². The highest BCUT2D eigenvalue weighted by Gasteiger charge is 2.14. The van der Waals surface area contributed by atoms with Crippen molar-refractivity contribution in [3.05, 3.63) is 68.0 Å². The van der Waals surface area contributed by atoms with E-state index in [2.05, 4.69) is 57.1 Å². The highest BCUT2D eigenvalue weighted by molar-refractivity contribution is 9.10. The third-order valence-electron chi connectivity index (χ3n) is 3.51. The largest absolute Gasteiger partial charge is 0.323 e. The quantitative estimate of drug-likeness (QED) is 0.662. The molecule has 1 atom stereocenters. The first kappa shape index (κ1) is 14.4. The first-order valence-electron chi connectivity index (χ1n) is 6.64. The van der Waals surface area contributed by atoms with Gasteiger partial charge in [0.15, 0.2) is 0 Å². The van der Waals surface area contributed by atoms with Crippen LogP contribution in [-0.2, 0) is 6.42 Å². The normalized spacial score (nSPS) is 12.7. The van der Waals surface area contributed by atoms with Gasteiger partial charge in [0.25, 0.3) is 0 Å². The molecule has 0 spiro atoms. The van der Waals surface area contributed by atoms with Crippen molar-refractivity contribution in [2.45, 2.75) is 18.7 Å². The molecule has 1 aromatic heterocycles. The lowest BCUT2D eigenvalue weighted by molar-refractivity contribution is 0.915. The Hall–Kier alpha value is -1.52. The van der Waals surface area contributed by atoms with E-state index in [1.165, 1.54) is 11.1 Å². The summed E-state index contributed by atoms with van der Waals surface area (Å²) >= 11 is 10.1. The molecule has 21 heavy (non-hydrogen) atoms. The van der Waals surface area contributed by atoms with Gasteiger partial charge >= 0.3 is 5.69 Å². The predicted octanol–water partition coefficient (Wildman–Crippen LogP) is 4.45. The van der Waals surface area contributed by atoms with Crippen LogP contribution in [0.4, 0.5) is 0 Å². The first-order chi connectivity index (χ1) is 10.0. The van der Waals surface area contributed by atoms with Gasteiger partial charge in [0, 0.05) is 4.47 Å². The molecule has 0 aliphatic carbocycles. The summed E-state index contributed by atoms with van der Waals surface area (Å²) in [5.41, 5.74) is 4.73. The molecule has 1 heterocycles. The van der Waals surface area contributed by atoms with Crippen molar-refractivity contribution < 1.29 is 0 Å². The Morgan fingerprint density at radius 1 is 1.14 bits per heavy atom. The van der Waals surface area contributed by atoms with Crippen molar-refractivity contribution in [1.29, 1.82) is 0 Å². The molecule has 3 nitrogen and oxygen atoms in total. The second-order valence-electron chi connectivity index (χ2n) is 5.16. The lowest BCUT2D eigenvalue weighted by Gasteiger charge is -2.12. The van der Waals surface area contributed by atoms with Gasteiger partial charge in [0.2, 0.25) is 0 Å². The summed E-state index contributed by atoms with van der Waals surface area (Å²) in [6, 6.07) is 12.2. The average Bonchev–Trinajstić information content (AvgIpc) is 2.79. The molecule has 2 aromatic carbocycles. The van der Waals surface area contributed by atoms with Crippen molar-refractivity contribution in [1.82, 2.24) is 9.97 Å². The van der Waals surface area contributed by atoms with Crippen molar-refractivity contribution in [3.63, 3.8) is 0 Å². The first-order valence-corrected chi connectivity index (χ1v) is 7.87. The van der Waals surface area contributed by atoms with Crippen LogP contribution in [-0.4, -0.2) is 9.97 Å². The maximum absolute atomic E-state index is 11.3. The summed E-state index contributed by atoms with van der Waals surface area (Å²) in [6.07, 6.45) is 0.737. The Balaban J connectivity index is 1.93. The number of alkyl halides is 1. The molecule has 108 valence electrons. The highest BCUT2D eigenvalue weighted by Crippen LogP contribution is 2.33. The molecule has 0 aliphatic rings. The number of nitrogens with one attached hydrogen (secondary N) is 2. The smallest absolute Gasteiger partial charge is 0.306 e. The SMILES string of the molecule is Cc1ccc(CC(Cl)c2cc3[nH]c(=O)[nH]c3cc2Br)cc1. The summed E-state index contributed by atoms with van der Waals surface area (Å²) in [6.45, 7) is 2.06. The van der Waals surface area contributed by atoms with Gasteiger partial charge in [-0.1, -0.05) is 45.8 Å². The van der Waals surface area contributed by atoms with Gasteiger partial charge in [-0.2, -0.15) is 0 Å². The number of aromatic nitrogens is 2. The van der Waals surface area contributed by atoms with Crippen LogP contribution in [0, 0.1) is 6.92 Å². The standard InChI is InChI=1S/C16H14BrClN2O/c1-9-2-4-10(5-3-9)6-13(18)11-7-14-15(8-12(11)17)20-16(21)19-14/h2-5,7-8,13H,6H2,1H3,(H2,19,20,21). The Kier molecular flexibility index (Phi) is 3.91. The van der Waals surface area contributed by atoms with Crippen molar-refractivity contribution in [2.24, 2.45) is 0 Å². The van der Waals surface area contributed by atoms with Gasteiger partial charge < -0.3 is 9.97 Å². The summed E-state index contributed by atoms with van der Waals surface area (Å²) in [4.78, 5) is 16.8. The number of aryl methyl sites for hydroxylation is 1. The van der Waals surface area contributed by atoms with E-state index in [9.17, 15) is 4.79 Å². The van der Waals surface area contributed by atoms with Crippen LogP contribution in [0.25, 0.3) is 11.0 Å². The van der Waals surface area contributed by atoms with Gasteiger partial charge in [-0.05, 0) is 36.6 Å². The molecule has 0 fully saturated rings. The molecule has 0 saturated heterocycles. The van der Waals surface area contributed by atoms with Crippen molar-refractivity contribution >= 4 is 38.6 Å².